The van der Waals surface area contributed by atoms with E-state index in [0.29, 0.717) is 6.07 Å². The maximum absolute atomic E-state index is 13.6. The summed E-state index contributed by atoms with van der Waals surface area (Å²) in [5.74, 6) is -11.9. The monoisotopic (exact) mass is 290 g/mol. The lowest BCUT2D eigenvalue weighted by molar-refractivity contribution is 0.112. The molecule has 0 aromatic heterocycles. The zero-order valence-electron chi connectivity index (χ0n) is 9.49. The first-order valence-electron chi connectivity index (χ1n) is 5.15. The van der Waals surface area contributed by atoms with E-state index in [1.54, 1.807) is 0 Å². The molecule has 0 heterocycles. The Bertz CT molecular complexity index is 681. The first kappa shape index (κ1) is 14.1. The van der Waals surface area contributed by atoms with E-state index in [2.05, 4.69) is 0 Å². The zero-order chi connectivity index (χ0) is 15.0. The molecule has 20 heavy (non-hydrogen) atoms. The van der Waals surface area contributed by atoms with Gasteiger partial charge in [0, 0.05) is 11.1 Å². The average molecular weight is 290 g/mol. The third-order valence-corrected chi connectivity index (χ3v) is 2.62. The Hall–Kier alpha value is -2.31. The lowest BCUT2D eigenvalue weighted by Gasteiger charge is -2.10. The van der Waals surface area contributed by atoms with E-state index in [1.165, 1.54) is 0 Å². The van der Waals surface area contributed by atoms with Crippen LogP contribution in [0.3, 0.4) is 0 Å². The van der Waals surface area contributed by atoms with Crippen LogP contribution in [-0.4, -0.2) is 6.29 Å². The Kier molecular flexibility index (Phi) is 3.52. The fraction of sp³-hybridized carbons (Fsp3) is 0. The number of aldehydes is 1. The lowest BCUT2D eigenvalue weighted by atomic mass is 9.98. The molecule has 0 spiro atoms. The molecule has 0 saturated heterocycles. The van der Waals surface area contributed by atoms with Gasteiger partial charge in [0.05, 0.1) is 5.56 Å². The van der Waals surface area contributed by atoms with Gasteiger partial charge in [0.15, 0.2) is 29.6 Å². The minimum atomic E-state index is -2.33. The van der Waals surface area contributed by atoms with Crippen LogP contribution in [0.4, 0.5) is 26.3 Å². The second kappa shape index (κ2) is 4.99. The van der Waals surface area contributed by atoms with Crippen molar-refractivity contribution in [2.24, 2.45) is 0 Å². The smallest absolute Gasteiger partial charge is 0.200 e. The molecule has 0 saturated carbocycles. The van der Waals surface area contributed by atoms with Crippen molar-refractivity contribution >= 4 is 6.29 Å². The van der Waals surface area contributed by atoms with E-state index in [0.717, 1.165) is 12.1 Å². The molecule has 2 rings (SSSR count). The highest BCUT2D eigenvalue weighted by Gasteiger charge is 2.27. The Balaban J connectivity index is 2.90. The highest BCUT2D eigenvalue weighted by molar-refractivity contribution is 5.87. The molecule has 0 bridgehead atoms. The molecule has 0 fully saturated rings. The van der Waals surface area contributed by atoms with Gasteiger partial charge in [-0.05, 0) is 18.2 Å². The highest BCUT2D eigenvalue weighted by Crippen LogP contribution is 2.33. The molecular formula is C13H4F6O. The SMILES string of the molecule is O=Cc1ccc(F)cc1-c1c(F)c(F)c(F)c(F)c1F. The van der Waals surface area contributed by atoms with Crippen molar-refractivity contribution in [3.05, 3.63) is 58.7 Å². The van der Waals surface area contributed by atoms with Gasteiger partial charge < -0.3 is 0 Å². The van der Waals surface area contributed by atoms with E-state index in [-0.39, 0.29) is 6.29 Å². The number of hydrogen-bond donors (Lipinski definition) is 0. The summed E-state index contributed by atoms with van der Waals surface area (Å²) >= 11 is 0. The van der Waals surface area contributed by atoms with Gasteiger partial charge in [0.2, 0.25) is 5.82 Å². The first-order valence-corrected chi connectivity index (χ1v) is 5.15. The van der Waals surface area contributed by atoms with Crippen LogP contribution in [0.1, 0.15) is 10.4 Å². The molecule has 2 aromatic rings. The molecule has 0 amide bonds. The van der Waals surface area contributed by atoms with Crippen LogP contribution in [0.2, 0.25) is 0 Å². The molecule has 0 N–H and O–H groups in total. The fourth-order valence-corrected chi connectivity index (χ4v) is 1.69. The Labute approximate surface area is 108 Å². The van der Waals surface area contributed by atoms with Crippen molar-refractivity contribution in [2.75, 3.05) is 0 Å². The molecule has 0 aliphatic heterocycles. The van der Waals surface area contributed by atoms with Gasteiger partial charge in [-0.1, -0.05) is 0 Å². The summed E-state index contributed by atoms with van der Waals surface area (Å²) in [4.78, 5) is 10.7. The number of rotatable bonds is 2. The van der Waals surface area contributed by atoms with E-state index in [9.17, 15) is 31.1 Å². The maximum atomic E-state index is 13.6. The second-order valence-electron chi connectivity index (χ2n) is 3.79. The van der Waals surface area contributed by atoms with Gasteiger partial charge in [0.25, 0.3) is 0 Å². The van der Waals surface area contributed by atoms with Crippen LogP contribution < -0.4 is 0 Å². The number of carbonyl (C=O) groups is 1. The molecule has 104 valence electrons. The lowest BCUT2D eigenvalue weighted by Crippen LogP contribution is -2.05. The van der Waals surface area contributed by atoms with E-state index < -0.39 is 51.6 Å². The number of benzene rings is 2. The molecule has 1 nitrogen and oxygen atoms in total. The van der Waals surface area contributed by atoms with E-state index in [4.69, 9.17) is 0 Å². The predicted molar refractivity (Wildman–Crippen MR) is 57.0 cm³/mol. The van der Waals surface area contributed by atoms with Crippen LogP contribution in [0.5, 0.6) is 0 Å². The predicted octanol–water partition coefficient (Wildman–Crippen LogP) is 4.00. The van der Waals surface area contributed by atoms with Gasteiger partial charge in [-0.15, -0.1) is 0 Å². The maximum Gasteiger partial charge on any atom is 0.200 e. The number of carbonyl (C=O) groups excluding carboxylic acids is 1. The minimum absolute atomic E-state index is 0.118. The molecule has 0 aliphatic carbocycles. The van der Waals surface area contributed by atoms with Crippen molar-refractivity contribution in [3.8, 4) is 11.1 Å². The third kappa shape index (κ3) is 2.04. The molecular weight excluding hydrogens is 286 g/mol. The summed E-state index contributed by atoms with van der Waals surface area (Å²) in [6.07, 6.45) is 0.118. The summed E-state index contributed by atoms with van der Waals surface area (Å²) in [5, 5.41) is 0. The number of halogens is 6. The molecule has 0 radical (unpaired) electrons. The van der Waals surface area contributed by atoms with Gasteiger partial charge >= 0.3 is 0 Å². The van der Waals surface area contributed by atoms with Gasteiger partial charge in [-0.3, -0.25) is 4.79 Å². The standard InChI is InChI=1S/C13H4F6O/c14-6-2-1-5(4-20)7(3-6)8-9(15)11(17)13(19)12(18)10(8)16/h1-4H. The number of hydrogen-bond acceptors (Lipinski definition) is 1. The molecule has 2 aromatic carbocycles. The van der Waals surface area contributed by atoms with Crippen molar-refractivity contribution in [2.45, 2.75) is 0 Å². The van der Waals surface area contributed by atoms with Crippen molar-refractivity contribution in [1.82, 2.24) is 0 Å². The first-order chi connectivity index (χ1) is 9.38. The molecule has 0 unspecified atom stereocenters. The van der Waals surface area contributed by atoms with Crippen molar-refractivity contribution in [1.29, 1.82) is 0 Å². The average Bonchev–Trinajstić information content (AvgIpc) is 2.43. The summed E-state index contributed by atoms with van der Waals surface area (Å²) < 4.78 is 79.3. The van der Waals surface area contributed by atoms with E-state index >= 15 is 0 Å². The normalized spacial score (nSPS) is 10.7. The third-order valence-electron chi connectivity index (χ3n) is 2.62. The second-order valence-corrected chi connectivity index (χ2v) is 3.79. The highest BCUT2D eigenvalue weighted by atomic mass is 19.2. The minimum Gasteiger partial charge on any atom is -0.298 e. The van der Waals surface area contributed by atoms with Crippen LogP contribution in [0, 0.1) is 34.9 Å². The molecule has 0 aliphatic rings. The molecule has 7 heteroatoms. The Morgan fingerprint density at radius 3 is 1.75 bits per heavy atom. The van der Waals surface area contributed by atoms with Crippen LogP contribution in [0.15, 0.2) is 18.2 Å². The van der Waals surface area contributed by atoms with Gasteiger partial charge in [-0.25, -0.2) is 26.3 Å². The van der Waals surface area contributed by atoms with Crippen LogP contribution in [0.25, 0.3) is 11.1 Å². The zero-order valence-corrected chi connectivity index (χ0v) is 9.49. The Morgan fingerprint density at radius 2 is 1.25 bits per heavy atom. The van der Waals surface area contributed by atoms with Crippen LogP contribution in [-0.2, 0) is 0 Å². The summed E-state index contributed by atoms with van der Waals surface area (Å²) in [5.41, 5.74) is -2.47. The molecule has 0 atom stereocenters. The summed E-state index contributed by atoms with van der Waals surface area (Å²) in [6.45, 7) is 0. The largest absolute Gasteiger partial charge is 0.298 e. The van der Waals surface area contributed by atoms with Gasteiger partial charge in [-0.2, -0.15) is 0 Å². The van der Waals surface area contributed by atoms with Gasteiger partial charge in [0.1, 0.15) is 5.82 Å². The fourth-order valence-electron chi connectivity index (χ4n) is 1.69. The van der Waals surface area contributed by atoms with E-state index in [1.807, 2.05) is 0 Å². The topological polar surface area (TPSA) is 17.1 Å². The Morgan fingerprint density at radius 1 is 0.750 bits per heavy atom. The van der Waals surface area contributed by atoms with Crippen molar-refractivity contribution in [3.63, 3.8) is 0 Å². The van der Waals surface area contributed by atoms with Crippen molar-refractivity contribution < 1.29 is 31.1 Å². The quantitative estimate of drug-likeness (QED) is 0.353. The van der Waals surface area contributed by atoms with Crippen LogP contribution >= 0.6 is 0 Å². The summed E-state index contributed by atoms with van der Waals surface area (Å²) in [6, 6.07) is 2.21. The summed E-state index contributed by atoms with van der Waals surface area (Å²) in [7, 11) is 0.